The zero-order chi connectivity index (χ0) is 61.3. The highest BCUT2D eigenvalue weighted by atomic mass is 16.7. The first-order valence-corrected chi connectivity index (χ1v) is 27.3. The van der Waals surface area contributed by atoms with Crippen LogP contribution in [0.5, 0.6) is 34.5 Å². The lowest BCUT2D eigenvalue weighted by Crippen LogP contribution is -2.55. The van der Waals surface area contributed by atoms with Crippen LogP contribution in [-0.4, -0.2) is 162 Å². The number of fused-ring (bicyclic) bond motifs is 6. The molecule has 0 radical (unpaired) electrons. The fourth-order valence-corrected chi connectivity index (χ4v) is 12.2. The van der Waals surface area contributed by atoms with Gasteiger partial charge in [-0.05, 0) is 53.2 Å². The average Bonchev–Trinajstić information content (AvgIpc) is 0.851. The summed E-state index contributed by atoms with van der Waals surface area (Å²) >= 11 is 0. The van der Waals surface area contributed by atoms with Gasteiger partial charge in [0.05, 0.1) is 84.2 Å². The van der Waals surface area contributed by atoms with Gasteiger partial charge in [0.15, 0.2) is 35.7 Å². The van der Waals surface area contributed by atoms with E-state index in [0.29, 0.717) is 6.42 Å². The van der Waals surface area contributed by atoms with Gasteiger partial charge >= 0.3 is 0 Å². The summed E-state index contributed by atoms with van der Waals surface area (Å²) in [6, 6.07) is 7.30. The maximum absolute atomic E-state index is 13.8. The van der Waals surface area contributed by atoms with Crippen molar-refractivity contribution in [3.63, 3.8) is 0 Å². The standard InChI is InChI=1S/C33H37NO12.C27H29NO10/c1-14(35)7-5-10-22(37)34-19-11-23(45-15(2)28(19)38)46-21-13-33(43,16(3)36)12-18-25(21)32(42)27-26(30(18)40)29(39)17-8-6-9-20(44-4)24(17)31(27)41;1-10-22(30)14(28)7-17(37-10)38-16-9-27(35,11(2)29)8-13-19(16)26(34)21-20(24(13)32)23(31)12-5-4-6-15(36-3)18(12)25(21)33/h6,8-9,15,19,21,23,28,38,40,42-43H,5,7,10-13H2,1-4H3,(H,34,37);4-6,10,14,16-17,22,30,32,34-35H,7-9,28H2,1-3H3/t15?,19?,21-,23?,28?,33-;10?,14?,16-,17?,22?,27-/m00/s1. The second-order valence-corrected chi connectivity index (χ2v) is 22.3. The summed E-state index contributed by atoms with van der Waals surface area (Å²) in [5.74, 6) is -7.05. The lowest BCUT2D eigenvalue weighted by atomic mass is 9.72. The maximum Gasteiger partial charge on any atom is 0.220 e. The Morgan fingerprint density at radius 1 is 0.607 bits per heavy atom. The number of aromatic hydroxyl groups is 4. The number of carbonyl (C=O) groups is 8. The molecule has 6 aliphatic rings. The van der Waals surface area contributed by atoms with Gasteiger partial charge in [0.1, 0.15) is 57.6 Å². The van der Waals surface area contributed by atoms with E-state index in [-0.39, 0.29) is 99.8 Å². The summed E-state index contributed by atoms with van der Waals surface area (Å²) in [4.78, 5) is 104. The third kappa shape index (κ3) is 10.6. The summed E-state index contributed by atoms with van der Waals surface area (Å²) in [6.45, 7) is 6.93. The normalized spacial score (nSPS) is 28.4. The van der Waals surface area contributed by atoms with Crippen LogP contribution in [0.25, 0.3) is 0 Å². The monoisotopic (exact) mass is 1170 g/mol. The summed E-state index contributed by atoms with van der Waals surface area (Å²) in [6.07, 6.45) is -9.30. The van der Waals surface area contributed by atoms with Crippen molar-refractivity contribution in [1.82, 2.24) is 5.32 Å². The molecule has 1 amide bonds. The van der Waals surface area contributed by atoms with Crippen LogP contribution in [0.2, 0.25) is 0 Å². The Labute approximate surface area is 480 Å². The van der Waals surface area contributed by atoms with Crippen molar-refractivity contribution in [2.75, 3.05) is 14.2 Å². The Morgan fingerprint density at radius 2 is 1.02 bits per heavy atom. The second kappa shape index (κ2) is 23.2. The third-order valence-electron chi connectivity index (χ3n) is 16.8. The number of nitrogens with two attached hydrogens (primary N) is 1. The molecular weight excluding hydrogens is 1100 g/mol. The first-order valence-electron chi connectivity index (χ1n) is 27.3. The van der Waals surface area contributed by atoms with Crippen molar-refractivity contribution < 1.29 is 108 Å². The Morgan fingerprint density at radius 3 is 1.43 bits per heavy atom. The molecule has 24 nitrogen and oxygen atoms in total. The molecule has 4 aromatic carbocycles. The van der Waals surface area contributed by atoms with Crippen molar-refractivity contribution in [3.8, 4) is 34.5 Å². The molecule has 0 saturated carbocycles. The lowest BCUT2D eigenvalue weighted by molar-refractivity contribution is -0.249. The Hall–Kier alpha value is -7.52. The van der Waals surface area contributed by atoms with Gasteiger partial charge in [-0.25, -0.2) is 0 Å². The quantitative estimate of drug-likeness (QED) is 0.0743. The number of nitrogens with one attached hydrogen (secondary N) is 1. The summed E-state index contributed by atoms with van der Waals surface area (Å²) in [7, 11) is 2.66. The number of carbonyl (C=O) groups excluding carboxylic acids is 8. The van der Waals surface area contributed by atoms with Crippen LogP contribution in [0.1, 0.15) is 178 Å². The van der Waals surface area contributed by atoms with Crippen LogP contribution < -0.4 is 20.5 Å². The smallest absolute Gasteiger partial charge is 0.220 e. The van der Waals surface area contributed by atoms with Crippen LogP contribution in [0.15, 0.2) is 36.4 Å². The van der Waals surface area contributed by atoms with Crippen molar-refractivity contribution in [2.45, 2.75) is 165 Å². The Kier molecular flexibility index (Phi) is 16.8. The van der Waals surface area contributed by atoms with Gasteiger partial charge in [0, 0.05) is 90.8 Å². The number of amides is 1. The fraction of sp³-hybridized carbons (Fsp3) is 0.467. The predicted molar refractivity (Wildman–Crippen MR) is 289 cm³/mol. The van der Waals surface area contributed by atoms with Gasteiger partial charge in [0.25, 0.3) is 0 Å². The van der Waals surface area contributed by atoms with E-state index in [9.17, 15) is 79.2 Å². The molecule has 0 aromatic heterocycles. The number of Topliss-reactive ketones (excluding diaryl/α,β-unsaturated/α-hetero) is 3. The van der Waals surface area contributed by atoms with E-state index < -0.39 is 172 Å². The van der Waals surface area contributed by atoms with E-state index in [1.807, 2.05) is 0 Å². The lowest BCUT2D eigenvalue weighted by Gasteiger charge is -2.42. The zero-order valence-corrected chi connectivity index (χ0v) is 47.0. The molecule has 2 heterocycles. The van der Waals surface area contributed by atoms with Gasteiger partial charge < -0.3 is 85.1 Å². The molecule has 84 heavy (non-hydrogen) atoms. The van der Waals surface area contributed by atoms with Crippen molar-refractivity contribution >= 4 is 46.4 Å². The molecule has 0 spiro atoms. The molecule has 10 rings (SSSR count). The van der Waals surface area contributed by atoms with Crippen LogP contribution in [0, 0.1) is 0 Å². The summed E-state index contributed by atoms with van der Waals surface area (Å²) < 4.78 is 34.4. The molecule has 448 valence electrons. The number of ketones is 7. The van der Waals surface area contributed by atoms with Crippen LogP contribution in [0.3, 0.4) is 0 Å². The first kappa shape index (κ1) is 61.1. The molecule has 2 saturated heterocycles. The summed E-state index contributed by atoms with van der Waals surface area (Å²) in [5.41, 5.74) is -0.425. The first-order chi connectivity index (χ1) is 39.6. The number of aliphatic hydroxyl groups is 4. The number of phenolic OH excluding ortho intramolecular Hbond substituents is 4. The van der Waals surface area contributed by atoms with E-state index in [4.69, 9.17) is 34.2 Å². The van der Waals surface area contributed by atoms with Crippen LogP contribution in [0.4, 0.5) is 0 Å². The van der Waals surface area contributed by atoms with E-state index in [1.54, 1.807) is 13.8 Å². The van der Waals surface area contributed by atoms with E-state index in [1.165, 1.54) is 64.5 Å². The molecule has 4 aliphatic carbocycles. The van der Waals surface area contributed by atoms with Crippen molar-refractivity contribution in [1.29, 1.82) is 0 Å². The minimum absolute atomic E-state index is 0.0147. The van der Waals surface area contributed by atoms with Gasteiger partial charge in [-0.15, -0.1) is 0 Å². The highest BCUT2D eigenvalue weighted by Gasteiger charge is 2.52. The average molecular weight is 1170 g/mol. The van der Waals surface area contributed by atoms with Crippen molar-refractivity contribution in [2.24, 2.45) is 5.73 Å². The number of aliphatic hydroxyl groups excluding tert-OH is 2. The number of phenols is 4. The van der Waals surface area contributed by atoms with Gasteiger partial charge in [-0.3, -0.25) is 33.6 Å². The molecule has 8 unspecified atom stereocenters. The van der Waals surface area contributed by atoms with Crippen molar-refractivity contribution in [3.05, 3.63) is 103 Å². The molecular formula is C60H66N2O22. The second-order valence-electron chi connectivity index (χ2n) is 22.3. The molecule has 0 bridgehead atoms. The number of benzene rings is 4. The number of ether oxygens (including phenoxy) is 6. The molecule has 11 N–H and O–H groups in total. The number of methoxy groups -OCH3 is 2. The zero-order valence-electron chi connectivity index (χ0n) is 47.0. The molecule has 24 heteroatoms. The van der Waals surface area contributed by atoms with E-state index in [2.05, 4.69) is 5.32 Å². The van der Waals surface area contributed by atoms with E-state index in [0.717, 1.165) is 6.92 Å². The van der Waals surface area contributed by atoms with Crippen LogP contribution in [-0.2, 0) is 51.0 Å². The highest BCUT2D eigenvalue weighted by molar-refractivity contribution is 6.32. The highest BCUT2D eigenvalue weighted by Crippen LogP contribution is 2.55. The van der Waals surface area contributed by atoms with Gasteiger partial charge in [-0.1, -0.05) is 24.3 Å². The largest absolute Gasteiger partial charge is 0.507 e. The van der Waals surface area contributed by atoms with E-state index >= 15 is 0 Å². The maximum atomic E-state index is 13.8. The van der Waals surface area contributed by atoms with Crippen LogP contribution >= 0.6 is 0 Å². The molecule has 4 aromatic rings. The Balaban J connectivity index is 0.000000205. The van der Waals surface area contributed by atoms with Gasteiger partial charge in [0.2, 0.25) is 17.5 Å². The Bertz CT molecular complexity index is 3440. The molecule has 2 aliphatic heterocycles. The predicted octanol–water partition coefficient (Wildman–Crippen LogP) is 2.97. The molecule has 12 atom stereocenters. The number of hydrogen-bond acceptors (Lipinski definition) is 23. The van der Waals surface area contributed by atoms with Gasteiger partial charge in [-0.2, -0.15) is 0 Å². The number of hydrogen-bond donors (Lipinski definition) is 10. The minimum atomic E-state index is -2.08. The fourth-order valence-electron chi connectivity index (χ4n) is 12.2. The topological polar surface area (TPSA) is 392 Å². The minimum Gasteiger partial charge on any atom is -0.507 e. The third-order valence-corrected chi connectivity index (χ3v) is 16.8. The molecule has 2 fully saturated rings. The summed E-state index contributed by atoms with van der Waals surface area (Å²) in [5, 5.41) is 92.1. The number of rotatable bonds is 13. The SMILES string of the molecule is COc1cccc2c1C(=O)c1c(O)c3c(c(O)c1C2=O)C[C@@](O)(C(C)=O)C[C@@H]3OC1CC(N)C(O)C(C)O1.COc1cccc2c1C(=O)c1c(O)c3c(c(O)c1C2=O)C[C@@](O)(C(C)=O)C[C@@H]3OC1CC(NC(=O)CCCC(C)=O)C(O)C(C)O1.